The van der Waals surface area contributed by atoms with E-state index in [1.807, 2.05) is 0 Å². The standard InChI is InChI=1S/C18H17N3O6/c19-16(12-3-5-13(6-4-12)17(20)24)21-18(25)27-9-11-1-7-14(8-2-11)26-10-15(22)23/h1-8H,9-10H2,(H2,20,24)(H,22,23)(H2,19,21,25). The molecule has 9 heteroatoms. The minimum absolute atomic E-state index is 0.0427. The largest absolute Gasteiger partial charge is 0.482 e. The molecule has 0 saturated carbocycles. The lowest BCUT2D eigenvalue weighted by atomic mass is 10.1. The van der Waals surface area contributed by atoms with Crippen LogP contribution in [0.25, 0.3) is 0 Å². The Kier molecular flexibility index (Phi) is 6.48. The quantitative estimate of drug-likeness (QED) is 0.427. The molecule has 2 aromatic rings. The Labute approximate surface area is 154 Å². The summed E-state index contributed by atoms with van der Waals surface area (Å²) < 4.78 is 10.0. The van der Waals surface area contributed by atoms with Gasteiger partial charge in [0.15, 0.2) is 6.61 Å². The first kappa shape index (κ1) is 19.4. The highest BCUT2D eigenvalue weighted by Gasteiger charge is 2.09. The van der Waals surface area contributed by atoms with Crippen LogP contribution in [-0.4, -0.2) is 35.5 Å². The lowest BCUT2D eigenvalue weighted by molar-refractivity contribution is -0.139. The number of amides is 2. The highest BCUT2D eigenvalue weighted by molar-refractivity contribution is 6.05. The first-order chi connectivity index (χ1) is 12.8. The summed E-state index contributed by atoms with van der Waals surface area (Å²) in [6.45, 7) is -0.486. The van der Waals surface area contributed by atoms with Crippen LogP contribution in [0.5, 0.6) is 5.75 Å². The van der Waals surface area contributed by atoms with Crippen molar-refractivity contribution in [2.24, 2.45) is 5.73 Å². The number of nitrogens with one attached hydrogen (secondary N) is 2. The average Bonchev–Trinajstić information content (AvgIpc) is 2.65. The van der Waals surface area contributed by atoms with Gasteiger partial charge >= 0.3 is 12.1 Å². The van der Waals surface area contributed by atoms with Gasteiger partial charge in [-0.3, -0.25) is 15.5 Å². The van der Waals surface area contributed by atoms with Gasteiger partial charge in [-0.25, -0.2) is 9.59 Å². The van der Waals surface area contributed by atoms with Gasteiger partial charge in [-0.1, -0.05) is 24.3 Å². The van der Waals surface area contributed by atoms with E-state index in [9.17, 15) is 14.4 Å². The van der Waals surface area contributed by atoms with Crippen molar-refractivity contribution in [2.75, 3.05) is 6.61 Å². The summed E-state index contributed by atoms with van der Waals surface area (Å²) >= 11 is 0. The molecule has 0 aliphatic carbocycles. The third-order valence-corrected chi connectivity index (χ3v) is 3.34. The molecular weight excluding hydrogens is 354 g/mol. The Morgan fingerprint density at radius 3 is 2.15 bits per heavy atom. The Morgan fingerprint density at radius 1 is 1.00 bits per heavy atom. The summed E-state index contributed by atoms with van der Waals surface area (Å²) in [6, 6.07) is 12.2. The molecule has 0 heterocycles. The number of hydrogen-bond acceptors (Lipinski definition) is 6. The smallest absolute Gasteiger partial charge is 0.413 e. The molecule has 0 bridgehead atoms. The van der Waals surface area contributed by atoms with Gasteiger partial charge in [0, 0.05) is 11.1 Å². The number of nitrogens with two attached hydrogens (primary N) is 1. The van der Waals surface area contributed by atoms with Crippen molar-refractivity contribution in [3.8, 4) is 5.75 Å². The van der Waals surface area contributed by atoms with E-state index in [-0.39, 0.29) is 12.4 Å². The van der Waals surface area contributed by atoms with Crippen molar-refractivity contribution in [1.82, 2.24) is 5.32 Å². The van der Waals surface area contributed by atoms with Crippen LogP contribution >= 0.6 is 0 Å². The Hall–Kier alpha value is -3.88. The predicted molar refractivity (Wildman–Crippen MR) is 94.7 cm³/mol. The molecule has 0 fully saturated rings. The van der Waals surface area contributed by atoms with Gasteiger partial charge in [0.25, 0.3) is 0 Å². The van der Waals surface area contributed by atoms with Gasteiger partial charge < -0.3 is 20.3 Å². The van der Waals surface area contributed by atoms with Crippen LogP contribution in [0.3, 0.4) is 0 Å². The molecule has 0 radical (unpaired) electrons. The second kappa shape index (κ2) is 8.99. The van der Waals surface area contributed by atoms with Crippen LogP contribution in [0, 0.1) is 5.41 Å². The van der Waals surface area contributed by atoms with Crippen molar-refractivity contribution in [3.05, 3.63) is 65.2 Å². The van der Waals surface area contributed by atoms with Gasteiger partial charge in [-0.15, -0.1) is 0 Å². The predicted octanol–water partition coefficient (Wildman–Crippen LogP) is 1.50. The minimum atomic E-state index is -1.08. The lowest BCUT2D eigenvalue weighted by Crippen LogP contribution is -2.31. The number of alkyl carbamates (subject to hydrolysis) is 1. The topological polar surface area (TPSA) is 152 Å². The van der Waals surface area contributed by atoms with E-state index in [1.165, 1.54) is 24.3 Å². The van der Waals surface area contributed by atoms with E-state index in [0.29, 0.717) is 22.4 Å². The maximum atomic E-state index is 11.8. The summed E-state index contributed by atoms with van der Waals surface area (Å²) in [4.78, 5) is 33.2. The van der Waals surface area contributed by atoms with Crippen molar-refractivity contribution < 1.29 is 29.0 Å². The summed E-state index contributed by atoms with van der Waals surface area (Å²) in [5, 5.41) is 18.7. The Bertz CT molecular complexity index is 846. The van der Waals surface area contributed by atoms with Crippen molar-refractivity contribution in [2.45, 2.75) is 6.61 Å². The number of amidine groups is 1. The van der Waals surface area contributed by atoms with E-state index in [0.717, 1.165) is 0 Å². The van der Waals surface area contributed by atoms with Crippen LogP contribution in [0.2, 0.25) is 0 Å². The Morgan fingerprint density at radius 2 is 1.59 bits per heavy atom. The third-order valence-electron chi connectivity index (χ3n) is 3.34. The van der Waals surface area contributed by atoms with E-state index < -0.39 is 24.6 Å². The molecule has 0 unspecified atom stereocenters. The molecule has 27 heavy (non-hydrogen) atoms. The SMILES string of the molecule is N=C(NC(=O)OCc1ccc(OCC(=O)O)cc1)c1ccc(C(N)=O)cc1. The molecular formula is C18H17N3O6. The number of hydrogen-bond donors (Lipinski definition) is 4. The van der Waals surface area contributed by atoms with Crippen LogP contribution in [0.15, 0.2) is 48.5 Å². The van der Waals surface area contributed by atoms with Crippen molar-refractivity contribution >= 4 is 23.8 Å². The third kappa shape index (κ3) is 6.16. The molecule has 5 N–H and O–H groups in total. The second-order valence-electron chi connectivity index (χ2n) is 5.34. The van der Waals surface area contributed by atoms with Gasteiger partial charge in [-0.05, 0) is 29.8 Å². The monoisotopic (exact) mass is 371 g/mol. The van der Waals surface area contributed by atoms with Gasteiger partial charge in [0.05, 0.1) is 0 Å². The zero-order chi connectivity index (χ0) is 19.8. The van der Waals surface area contributed by atoms with Crippen LogP contribution in [-0.2, 0) is 16.1 Å². The molecule has 140 valence electrons. The average molecular weight is 371 g/mol. The molecule has 2 aromatic carbocycles. The summed E-state index contributed by atoms with van der Waals surface area (Å²) in [6.07, 6.45) is -0.815. The normalized spacial score (nSPS) is 9.93. The minimum Gasteiger partial charge on any atom is -0.482 e. The van der Waals surface area contributed by atoms with Crippen molar-refractivity contribution in [3.63, 3.8) is 0 Å². The maximum Gasteiger partial charge on any atom is 0.413 e. The number of aliphatic carboxylic acids is 1. The molecule has 0 atom stereocenters. The Balaban J connectivity index is 1.82. The molecule has 9 nitrogen and oxygen atoms in total. The zero-order valence-corrected chi connectivity index (χ0v) is 14.1. The van der Waals surface area contributed by atoms with Gasteiger partial charge in [-0.2, -0.15) is 0 Å². The van der Waals surface area contributed by atoms with Crippen LogP contribution in [0.1, 0.15) is 21.5 Å². The molecule has 0 aliphatic heterocycles. The molecule has 0 aromatic heterocycles. The molecule has 2 amide bonds. The lowest BCUT2D eigenvalue weighted by Gasteiger charge is -2.09. The van der Waals surface area contributed by atoms with E-state index in [2.05, 4.69) is 5.32 Å². The van der Waals surface area contributed by atoms with Crippen LogP contribution < -0.4 is 15.8 Å². The first-order valence-electron chi connectivity index (χ1n) is 7.71. The molecule has 2 rings (SSSR count). The number of primary amides is 1. The number of carboxylic acids is 1. The van der Waals surface area contributed by atoms with Gasteiger partial charge in [0.1, 0.15) is 18.2 Å². The number of carbonyl (C=O) groups is 3. The fraction of sp³-hybridized carbons (Fsp3) is 0.111. The van der Waals surface area contributed by atoms with E-state index in [4.69, 9.17) is 25.7 Å². The summed E-state index contributed by atoms with van der Waals surface area (Å²) in [5.74, 6) is -1.47. The molecule has 0 spiro atoms. The van der Waals surface area contributed by atoms with Crippen LogP contribution in [0.4, 0.5) is 4.79 Å². The molecule has 0 aliphatic rings. The summed E-state index contributed by atoms with van der Waals surface area (Å²) in [5.41, 5.74) is 6.48. The van der Waals surface area contributed by atoms with Gasteiger partial charge in [0.2, 0.25) is 5.91 Å². The van der Waals surface area contributed by atoms with Crippen molar-refractivity contribution in [1.29, 1.82) is 5.41 Å². The highest BCUT2D eigenvalue weighted by Crippen LogP contribution is 2.13. The summed E-state index contributed by atoms with van der Waals surface area (Å²) in [7, 11) is 0. The highest BCUT2D eigenvalue weighted by atomic mass is 16.5. The zero-order valence-electron chi connectivity index (χ0n) is 14.1. The fourth-order valence-corrected chi connectivity index (χ4v) is 1.99. The number of carboxylic acid groups (broad SMARTS) is 1. The second-order valence-corrected chi connectivity index (χ2v) is 5.34. The maximum absolute atomic E-state index is 11.8. The number of rotatable bonds is 7. The number of ether oxygens (including phenoxy) is 2. The van der Waals surface area contributed by atoms with E-state index >= 15 is 0 Å². The van der Waals surface area contributed by atoms with E-state index in [1.54, 1.807) is 24.3 Å². The molecule has 0 saturated heterocycles. The number of carbonyl (C=O) groups excluding carboxylic acids is 2. The number of benzene rings is 2. The first-order valence-corrected chi connectivity index (χ1v) is 7.71. The fourth-order valence-electron chi connectivity index (χ4n) is 1.99.